The van der Waals surface area contributed by atoms with Crippen LogP contribution < -0.4 is 11.1 Å². The Morgan fingerprint density at radius 2 is 1.67 bits per heavy atom. The largest absolute Gasteiger partial charge is 0.465 e. The minimum Gasteiger partial charge on any atom is -0.465 e. The normalized spacial score (nSPS) is 16.4. The van der Waals surface area contributed by atoms with Crippen LogP contribution in [-0.4, -0.2) is 54.2 Å². The number of esters is 1. The second-order valence-electron chi connectivity index (χ2n) is 7.61. The van der Waals surface area contributed by atoms with Crippen molar-refractivity contribution in [2.45, 2.75) is 44.8 Å². The van der Waals surface area contributed by atoms with Crippen molar-refractivity contribution in [2.24, 2.45) is 5.73 Å². The van der Waals surface area contributed by atoms with Crippen molar-refractivity contribution < 1.29 is 23.9 Å². The third kappa shape index (κ3) is 5.12. The number of rotatable bonds is 4. The molecule has 8 nitrogen and oxygen atoms in total. The van der Waals surface area contributed by atoms with E-state index in [0.717, 1.165) is 0 Å². The number of piperidine rings is 1. The Hall–Kier alpha value is -2.77. The van der Waals surface area contributed by atoms with Crippen LogP contribution >= 0.6 is 0 Å². The molecule has 1 aromatic rings. The number of nitrogens with two attached hydrogens (primary N) is 1. The quantitative estimate of drug-likeness (QED) is 0.778. The van der Waals surface area contributed by atoms with Gasteiger partial charge in [-0.25, -0.2) is 9.59 Å². The molecule has 2 rings (SSSR count). The van der Waals surface area contributed by atoms with Crippen molar-refractivity contribution in [1.82, 2.24) is 4.90 Å². The number of hydrogen-bond donors (Lipinski definition) is 2. The number of methoxy groups -OCH3 is 1. The Labute approximate surface area is 159 Å². The third-order valence-corrected chi connectivity index (χ3v) is 4.43. The average Bonchev–Trinajstić information content (AvgIpc) is 2.60. The minimum atomic E-state index is -0.967. The first kappa shape index (κ1) is 20.5. The van der Waals surface area contributed by atoms with Crippen molar-refractivity contribution in [1.29, 1.82) is 0 Å². The van der Waals surface area contributed by atoms with Gasteiger partial charge in [0.15, 0.2) is 0 Å². The van der Waals surface area contributed by atoms with Crippen LogP contribution in [0.25, 0.3) is 0 Å². The number of nitrogens with one attached hydrogen (secondary N) is 1. The van der Waals surface area contributed by atoms with Crippen molar-refractivity contribution >= 4 is 23.7 Å². The minimum absolute atomic E-state index is 0.352. The van der Waals surface area contributed by atoms with Gasteiger partial charge < -0.3 is 25.4 Å². The van der Waals surface area contributed by atoms with Crippen LogP contribution in [0, 0.1) is 0 Å². The number of primary amides is 1. The van der Waals surface area contributed by atoms with Crippen LogP contribution in [0.1, 0.15) is 44.0 Å². The highest BCUT2D eigenvalue weighted by Gasteiger charge is 2.41. The Kier molecular flexibility index (Phi) is 5.98. The average molecular weight is 377 g/mol. The highest BCUT2D eigenvalue weighted by atomic mass is 16.6. The van der Waals surface area contributed by atoms with E-state index in [1.54, 1.807) is 29.2 Å². The Morgan fingerprint density at radius 3 is 2.11 bits per heavy atom. The summed E-state index contributed by atoms with van der Waals surface area (Å²) in [6.45, 7) is 6.13. The van der Waals surface area contributed by atoms with Gasteiger partial charge >= 0.3 is 12.1 Å². The predicted molar refractivity (Wildman–Crippen MR) is 100 cm³/mol. The van der Waals surface area contributed by atoms with Crippen LogP contribution in [0.2, 0.25) is 0 Å². The Balaban J connectivity index is 2.06. The van der Waals surface area contributed by atoms with Crippen LogP contribution in [0.4, 0.5) is 10.5 Å². The fraction of sp³-hybridized carbons (Fsp3) is 0.526. The maximum atomic E-state index is 12.2. The molecule has 148 valence electrons. The first-order chi connectivity index (χ1) is 12.6. The molecule has 1 heterocycles. The number of amides is 2. The fourth-order valence-electron chi connectivity index (χ4n) is 2.91. The number of hydrogen-bond acceptors (Lipinski definition) is 6. The maximum Gasteiger partial charge on any atom is 0.410 e. The van der Waals surface area contributed by atoms with Gasteiger partial charge in [-0.1, -0.05) is 0 Å². The van der Waals surface area contributed by atoms with E-state index in [9.17, 15) is 14.4 Å². The third-order valence-electron chi connectivity index (χ3n) is 4.43. The Bertz CT molecular complexity index is 701. The van der Waals surface area contributed by atoms with Gasteiger partial charge in [-0.05, 0) is 57.9 Å². The molecule has 0 aliphatic carbocycles. The number of carbonyl (C=O) groups excluding carboxylic acids is 3. The molecule has 0 saturated carbocycles. The number of likely N-dealkylation sites (tertiary alicyclic amines) is 1. The predicted octanol–water partition coefficient (Wildman–Crippen LogP) is 2.14. The topological polar surface area (TPSA) is 111 Å². The summed E-state index contributed by atoms with van der Waals surface area (Å²) < 4.78 is 10.0. The van der Waals surface area contributed by atoms with Gasteiger partial charge in [0.2, 0.25) is 5.91 Å². The SMILES string of the molecule is COC(=O)c1ccc(NC2(C(N)=O)CCN(C(=O)OC(C)(C)C)CC2)cc1. The molecule has 1 fully saturated rings. The number of carbonyl (C=O) groups is 3. The summed E-state index contributed by atoms with van der Waals surface area (Å²) in [5, 5.41) is 3.18. The van der Waals surface area contributed by atoms with Crippen LogP contribution in [0.15, 0.2) is 24.3 Å². The van der Waals surface area contributed by atoms with E-state index in [2.05, 4.69) is 10.1 Å². The molecule has 1 aliphatic rings. The summed E-state index contributed by atoms with van der Waals surface area (Å²) in [6, 6.07) is 6.60. The van der Waals surface area contributed by atoms with E-state index in [4.69, 9.17) is 10.5 Å². The Morgan fingerprint density at radius 1 is 1.11 bits per heavy atom. The van der Waals surface area contributed by atoms with Crippen LogP contribution in [0.5, 0.6) is 0 Å². The van der Waals surface area contributed by atoms with E-state index >= 15 is 0 Å². The molecule has 0 bridgehead atoms. The van der Waals surface area contributed by atoms with Gasteiger partial charge in [0.1, 0.15) is 11.1 Å². The van der Waals surface area contributed by atoms with Crippen LogP contribution in [-0.2, 0) is 14.3 Å². The van der Waals surface area contributed by atoms with E-state index in [-0.39, 0.29) is 0 Å². The molecule has 3 N–H and O–H groups in total. The fourth-order valence-corrected chi connectivity index (χ4v) is 2.91. The lowest BCUT2D eigenvalue weighted by Gasteiger charge is -2.41. The summed E-state index contributed by atoms with van der Waals surface area (Å²) in [5.74, 6) is -0.916. The second-order valence-corrected chi connectivity index (χ2v) is 7.61. The van der Waals surface area contributed by atoms with Gasteiger partial charge in [0.05, 0.1) is 12.7 Å². The molecule has 0 aromatic heterocycles. The standard InChI is InChI=1S/C19H27N3O5/c1-18(2,3)27-17(25)22-11-9-19(10-12-22,16(20)24)21-14-7-5-13(6-8-14)15(23)26-4/h5-8,21H,9-12H2,1-4H3,(H2,20,24). The summed E-state index contributed by atoms with van der Waals surface area (Å²) in [6.07, 6.45) is 0.323. The first-order valence-corrected chi connectivity index (χ1v) is 8.81. The summed E-state index contributed by atoms with van der Waals surface area (Å²) in [7, 11) is 1.31. The molecule has 1 aliphatic heterocycles. The van der Waals surface area contributed by atoms with Gasteiger partial charge in [-0.2, -0.15) is 0 Å². The summed E-state index contributed by atoms with van der Waals surface area (Å²) >= 11 is 0. The molecule has 8 heteroatoms. The van der Waals surface area contributed by atoms with E-state index < -0.39 is 29.1 Å². The lowest BCUT2D eigenvalue weighted by Crippen LogP contribution is -2.58. The van der Waals surface area contributed by atoms with E-state index in [1.165, 1.54) is 7.11 Å². The smallest absolute Gasteiger partial charge is 0.410 e. The van der Waals surface area contributed by atoms with Crippen molar-refractivity contribution in [3.8, 4) is 0 Å². The molecule has 0 radical (unpaired) electrons. The van der Waals surface area contributed by atoms with Crippen molar-refractivity contribution in [3.05, 3.63) is 29.8 Å². The number of benzene rings is 1. The summed E-state index contributed by atoms with van der Waals surface area (Å²) in [4.78, 5) is 37.5. The van der Waals surface area contributed by atoms with Gasteiger partial charge in [0, 0.05) is 18.8 Å². The van der Waals surface area contributed by atoms with Crippen molar-refractivity contribution in [2.75, 3.05) is 25.5 Å². The molecule has 2 amide bonds. The lowest BCUT2D eigenvalue weighted by molar-refractivity contribution is -0.123. The van der Waals surface area contributed by atoms with E-state index in [1.807, 2.05) is 20.8 Å². The molecule has 1 aromatic carbocycles. The second kappa shape index (κ2) is 7.85. The zero-order valence-electron chi connectivity index (χ0n) is 16.2. The molecule has 0 atom stereocenters. The van der Waals surface area contributed by atoms with Crippen molar-refractivity contribution in [3.63, 3.8) is 0 Å². The van der Waals surface area contributed by atoms with Gasteiger partial charge in [-0.3, -0.25) is 4.79 Å². The van der Waals surface area contributed by atoms with Crippen LogP contribution in [0.3, 0.4) is 0 Å². The molecule has 0 unspecified atom stereocenters. The molecule has 27 heavy (non-hydrogen) atoms. The molecule has 0 spiro atoms. The van der Waals surface area contributed by atoms with E-state index in [0.29, 0.717) is 37.2 Å². The lowest BCUT2D eigenvalue weighted by atomic mass is 9.86. The maximum absolute atomic E-state index is 12.2. The monoisotopic (exact) mass is 377 g/mol. The number of ether oxygens (including phenoxy) is 2. The zero-order valence-corrected chi connectivity index (χ0v) is 16.2. The summed E-state index contributed by atoms with van der Waals surface area (Å²) in [5.41, 5.74) is 5.19. The van der Waals surface area contributed by atoms with Gasteiger partial charge in [0.25, 0.3) is 0 Å². The highest BCUT2D eigenvalue weighted by Crippen LogP contribution is 2.28. The zero-order chi connectivity index (χ0) is 20.2. The number of anilines is 1. The first-order valence-electron chi connectivity index (χ1n) is 8.81. The van der Waals surface area contributed by atoms with Gasteiger partial charge in [-0.15, -0.1) is 0 Å². The molecular weight excluding hydrogens is 350 g/mol. The number of nitrogens with zero attached hydrogens (tertiary/aromatic N) is 1. The highest BCUT2D eigenvalue weighted by molar-refractivity contribution is 5.91. The molecular formula is C19H27N3O5. The molecule has 1 saturated heterocycles.